The number of carbonyl (C=O) groups excluding carboxylic acids is 2. The molecule has 3 aromatic carbocycles. The van der Waals surface area contributed by atoms with Crippen LogP contribution in [0.15, 0.2) is 95.2 Å². The van der Waals surface area contributed by atoms with E-state index < -0.39 is 20.9 Å². The van der Waals surface area contributed by atoms with Crippen molar-refractivity contribution in [1.29, 1.82) is 0 Å². The minimum absolute atomic E-state index is 0.0307. The molecule has 1 aliphatic rings. The molecule has 1 fully saturated rings. The van der Waals surface area contributed by atoms with Gasteiger partial charge in [0.05, 0.1) is 11.5 Å². The Kier molecular flexibility index (Phi) is 12.0. The van der Waals surface area contributed by atoms with E-state index >= 15 is 0 Å². The zero-order valence-electron chi connectivity index (χ0n) is 25.3. The van der Waals surface area contributed by atoms with E-state index in [4.69, 9.17) is 10.5 Å². The van der Waals surface area contributed by atoms with Gasteiger partial charge in [0.25, 0.3) is 21.6 Å². The van der Waals surface area contributed by atoms with E-state index in [2.05, 4.69) is 24.4 Å². The highest BCUT2D eigenvalue weighted by Crippen LogP contribution is 2.28. The van der Waals surface area contributed by atoms with E-state index in [-0.39, 0.29) is 34.0 Å². The number of carbonyl (C=O) groups is 2. The highest BCUT2D eigenvalue weighted by atomic mass is 32.2. The molecule has 3 N–H and O–H groups in total. The average molecular weight is 665 g/mol. The predicted octanol–water partition coefficient (Wildman–Crippen LogP) is 5.56. The molecule has 0 bridgehead atoms. The number of nitro benzene ring substituents is 1. The number of amides is 2. The zero-order chi connectivity index (χ0) is 33.1. The first-order valence-electron chi connectivity index (χ1n) is 14.8. The van der Waals surface area contributed by atoms with Crippen molar-refractivity contribution in [3.8, 4) is 5.75 Å². The summed E-state index contributed by atoms with van der Waals surface area (Å²) in [5.74, 6) is 0.0523. The Morgan fingerprint density at radius 2 is 1.67 bits per heavy atom. The molecule has 46 heavy (non-hydrogen) atoms. The summed E-state index contributed by atoms with van der Waals surface area (Å²) in [4.78, 5) is 33.7. The number of nitrogens with one attached hydrogen (secondary N) is 1. The maximum atomic E-state index is 13.2. The third-order valence-corrected chi connectivity index (χ3v) is 10.6. The van der Waals surface area contributed by atoms with Crippen molar-refractivity contribution in [2.24, 2.45) is 5.73 Å². The maximum absolute atomic E-state index is 13.2. The maximum Gasteiger partial charge on any atom is 0.269 e. The smallest absolute Gasteiger partial charge is 0.269 e. The Morgan fingerprint density at radius 3 is 2.28 bits per heavy atom. The van der Waals surface area contributed by atoms with Gasteiger partial charge in [0.1, 0.15) is 16.1 Å². The second-order valence-corrected chi connectivity index (χ2v) is 13.9. The number of non-ortho nitro benzene ring substituents is 1. The number of sulfonamides is 1. The van der Waals surface area contributed by atoms with E-state index in [0.717, 1.165) is 29.9 Å². The van der Waals surface area contributed by atoms with E-state index in [1.54, 1.807) is 36.4 Å². The minimum Gasteiger partial charge on any atom is -0.490 e. The summed E-state index contributed by atoms with van der Waals surface area (Å²) in [6, 6.07) is 25.4. The molecule has 0 unspecified atom stereocenters. The normalized spacial score (nSPS) is 13.7. The van der Waals surface area contributed by atoms with Crippen molar-refractivity contribution < 1.29 is 27.7 Å². The van der Waals surface area contributed by atoms with Gasteiger partial charge in [-0.15, -0.1) is 11.3 Å². The van der Waals surface area contributed by atoms with Gasteiger partial charge >= 0.3 is 0 Å². The topological polar surface area (TPSA) is 162 Å². The van der Waals surface area contributed by atoms with Crippen LogP contribution in [-0.2, 0) is 23.0 Å². The Morgan fingerprint density at radius 1 is 0.978 bits per heavy atom. The molecule has 242 valence electrons. The quantitative estimate of drug-likeness (QED) is 0.157. The number of ether oxygens (including phenoxy) is 1. The number of nitro groups is 1. The summed E-state index contributed by atoms with van der Waals surface area (Å²) in [6.45, 7) is 3.05. The van der Waals surface area contributed by atoms with Crippen molar-refractivity contribution in [2.75, 3.05) is 13.1 Å². The molecule has 1 saturated heterocycles. The SMILES string of the molecule is CCCc1cccc(OC2CCN(S(=O)(=O)c3ccc(CNC(=O)c4ccc([N+](=O)[O-])cc4)s3)CC2)c1.NC(=O)c1ccccc1. The third kappa shape index (κ3) is 9.46. The van der Waals surface area contributed by atoms with Crippen molar-refractivity contribution in [3.63, 3.8) is 0 Å². The fourth-order valence-electron chi connectivity index (χ4n) is 4.77. The van der Waals surface area contributed by atoms with Gasteiger partial charge in [0, 0.05) is 41.2 Å². The Balaban J connectivity index is 0.000000459. The highest BCUT2D eigenvalue weighted by molar-refractivity contribution is 7.91. The van der Waals surface area contributed by atoms with Crippen LogP contribution in [0.3, 0.4) is 0 Å². The first-order chi connectivity index (χ1) is 22.1. The van der Waals surface area contributed by atoms with Crippen molar-refractivity contribution in [1.82, 2.24) is 9.62 Å². The first-order valence-corrected chi connectivity index (χ1v) is 17.0. The monoisotopic (exact) mass is 664 g/mol. The van der Waals surface area contributed by atoms with Crippen molar-refractivity contribution >= 4 is 38.9 Å². The lowest BCUT2D eigenvalue weighted by Gasteiger charge is -2.31. The standard InChI is InChI=1S/C26H29N3O6S2.C7H7NO/c1-2-4-19-5-3-6-23(17-19)35-22-13-15-28(16-14-22)37(33,34)25-12-11-24(36-25)18-27-26(30)20-7-9-21(10-8-20)29(31)32;8-7(9)6-4-2-1-3-5-6/h3,5-12,17,22H,2,4,13-16,18H2,1H3,(H,27,30);1-5H,(H2,8,9). The average Bonchev–Trinajstić information content (AvgIpc) is 3.55. The van der Waals surface area contributed by atoms with Gasteiger partial charge in [-0.05, 0) is 73.4 Å². The summed E-state index contributed by atoms with van der Waals surface area (Å²) in [7, 11) is -3.64. The van der Waals surface area contributed by atoms with Crippen LogP contribution in [0.1, 0.15) is 57.3 Å². The molecule has 5 rings (SSSR count). The summed E-state index contributed by atoms with van der Waals surface area (Å²) >= 11 is 1.12. The lowest BCUT2D eigenvalue weighted by Crippen LogP contribution is -2.41. The van der Waals surface area contributed by atoms with Crippen molar-refractivity contribution in [2.45, 2.75) is 49.5 Å². The van der Waals surface area contributed by atoms with Gasteiger partial charge in [0.2, 0.25) is 5.91 Å². The second-order valence-electron chi connectivity index (χ2n) is 10.6. The first kappa shape index (κ1) is 34.3. The number of hydrogen-bond donors (Lipinski definition) is 2. The third-order valence-electron chi connectivity index (χ3n) is 7.19. The van der Waals surface area contributed by atoms with Gasteiger partial charge in [-0.3, -0.25) is 19.7 Å². The van der Waals surface area contributed by atoms with Crippen LogP contribution in [0, 0.1) is 10.1 Å². The fourth-order valence-corrected chi connectivity index (χ4v) is 7.69. The number of hydrogen-bond acceptors (Lipinski definition) is 8. The molecule has 1 aromatic heterocycles. The lowest BCUT2D eigenvalue weighted by atomic mass is 10.1. The summed E-state index contributed by atoms with van der Waals surface area (Å²) in [5.41, 5.74) is 6.95. The lowest BCUT2D eigenvalue weighted by molar-refractivity contribution is -0.384. The molecule has 2 heterocycles. The van der Waals surface area contributed by atoms with E-state index in [1.807, 2.05) is 18.2 Å². The zero-order valence-corrected chi connectivity index (χ0v) is 27.0. The number of nitrogens with two attached hydrogens (primary N) is 1. The molecule has 0 saturated carbocycles. The van der Waals surface area contributed by atoms with E-state index in [1.165, 1.54) is 34.1 Å². The molecule has 0 aliphatic carbocycles. The number of thiophene rings is 1. The molecule has 0 radical (unpaired) electrons. The molecule has 1 aliphatic heterocycles. The molecular formula is C33H36N4O7S2. The molecular weight excluding hydrogens is 629 g/mol. The number of piperidine rings is 1. The largest absolute Gasteiger partial charge is 0.490 e. The summed E-state index contributed by atoms with van der Waals surface area (Å²) in [5, 5.41) is 13.5. The van der Waals surface area contributed by atoms with Gasteiger partial charge in [-0.25, -0.2) is 8.42 Å². The predicted molar refractivity (Wildman–Crippen MR) is 176 cm³/mol. The van der Waals surface area contributed by atoms with Crippen molar-refractivity contribution in [3.05, 3.63) is 123 Å². The van der Waals surface area contributed by atoms with Crippen LogP contribution in [0.2, 0.25) is 0 Å². The summed E-state index contributed by atoms with van der Waals surface area (Å²) in [6.07, 6.45) is 3.26. The Hall–Kier alpha value is -4.59. The fraction of sp³-hybridized carbons (Fsp3) is 0.273. The molecule has 0 spiro atoms. The van der Waals surface area contributed by atoms with Crippen LogP contribution in [0.5, 0.6) is 5.75 Å². The molecule has 13 heteroatoms. The molecule has 4 aromatic rings. The van der Waals surface area contributed by atoms with Gasteiger partial charge < -0.3 is 15.8 Å². The van der Waals surface area contributed by atoms with E-state index in [0.29, 0.717) is 36.4 Å². The van der Waals surface area contributed by atoms with E-state index in [9.17, 15) is 28.1 Å². The Labute approximate surface area is 272 Å². The number of aryl methyl sites for hydroxylation is 1. The molecule has 11 nitrogen and oxygen atoms in total. The Bertz CT molecular complexity index is 1740. The summed E-state index contributed by atoms with van der Waals surface area (Å²) < 4.78 is 34.2. The number of rotatable bonds is 11. The molecule has 0 atom stereocenters. The van der Waals surface area contributed by atoms with Gasteiger partial charge in [-0.2, -0.15) is 4.31 Å². The van der Waals surface area contributed by atoms with Crippen LogP contribution in [0.4, 0.5) is 5.69 Å². The van der Waals surface area contributed by atoms with Gasteiger partial charge in [0.15, 0.2) is 0 Å². The number of benzene rings is 3. The van der Waals surface area contributed by atoms with Crippen LogP contribution >= 0.6 is 11.3 Å². The number of nitrogens with zero attached hydrogens (tertiary/aromatic N) is 2. The highest BCUT2D eigenvalue weighted by Gasteiger charge is 2.31. The van der Waals surface area contributed by atoms with Crippen LogP contribution in [-0.4, -0.2) is 48.7 Å². The van der Waals surface area contributed by atoms with Gasteiger partial charge in [-0.1, -0.05) is 43.7 Å². The van der Waals surface area contributed by atoms with Crippen LogP contribution < -0.4 is 15.8 Å². The second kappa shape index (κ2) is 16.1. The molecule has 2 amide bonds. The number of primary amides is 1. The van der Waals surface area contributed by atoms with Crippen LogP contribution in [0.25, 0.3) is 0 Å². The minimum atomic E-state index is -3.64.